The lowest BCUT2D eigenvalue weighted by Crippen LogP contribution is -2.44. The zero-order chi connectivity index (χ0) is 15.4. The van der Waals surface area contributed by atoms with Crippen LogP contribution < -0.4 is 4.90 Å². The number of nitriles is 1. The predicted molar refractivity (Wildman–Crippen MR) is 84.3 cm³/mol. The first-order valence-corrected chi connectivity index (χ1v) is 8.18. The summed E-state index contributed by atoms with van der Waals surface area (Å²) >= 11 is 0. The van der Waals surface area contributed by atoms with Gasteiger partial charge in [0.15, 0.2) is 0 Å². The maximum Gasteiger partial charge on any atom is 0.225 e. The van der Waals surface area contributed by atoms with Crippen LogP contribution >= 0.6 is 0 Å². The Labute approximate surface area is 131 Å². The second kappa shape index (κ2) is 6.78. The molecule has 0 radical (unpaired) electrons. The molecule has 0 aromatic carbocycles. The summed E-state index contributed by atoms with van der Waals surface area (Å²) in [6, 6.07) is 5.78. The van der Waals surface area contributed by atoms with Gasteiger partial charge in [-0.15, -0.1) is 0 Å². The van der Waals surface area contributed by atoms with Crippen LogP contribution in [0.4, 0.5) is 5.82 Å². The number of carbonyl (C=O) groups excluding carboxylic acids is 1. The molecule has 0 N–H and O–H groups in total. The number of piperidine rings is 2. The van der Waals surface area contributed by atoms with E-state index in [1.807, 2.05) is 4.90 Å². The molecule has 0 atom stereocenters. The van der Waals surface area contributed by atoms with Crippen molar-refractivity contribution in [2.45, 2.75) is 32.1 Å². The molecule has 0 spiro atoms. The van der Waals surface area contributed by atoms with Gasteiger partial charge in [-0.3, -0.25) is 4.79 Å². The topological polar surface area (TPSA) is 60.2 Å². The summed E-state index contributed by atoms with van der Waals surface area (Å²) in [6.45, 7) is 3.46. The van der Waals surface area contributed by atoms with E-state index < -0.39 is 0 Å². The van der Waals surface area contributed by atoms with Crippen LogP contribution in [0, 0.1) is 17.2 Å². The first-order valence-electron chi connectivity index (χ1n) is 8.18. The van der Waals surface area contributed by atoms with Gasteiger partial charge >= 0.3 is 0 Å². The first-order chi connectivity index (χ1) is 10.8. The fourth-order valence-corrected chi connectivity index (χ4v) is 3.45. The smallest absolute Gasteiger partial charge is 0.225 e. The third-order valence-electron chi connectivity index (χ3n) is 4.72. The quantitative estimate of drug-likeness (QED) is 0.839. The van der Waals surface area contributed by atoms with Crippen LogP contribution in [0.25, 0.3) is 0 Å². The molecule has 5 nitrogen and oxygen atoms in total. The molecule has 0 unspecified atom stereocenters. The molecule has 3 rings (SSSR count). The van der Waals surface area contributed by atoms with Crippen LogP contribution in [-0.2, 0) is 4.79 Å². The molecular weight excluding hydrogens is 276 g/mol. The van der Waals surface area contributed by atoms with E-state index in [9.17, 15) is 10.1 Å². The lowest BCUT2D eigenvalue weighted by Gasteiger charge is -2.36. The molecule has 2 saturated heterocycles. The maximum absolute atomic E-state index is 12.6. The Morgan fingerprint density at radius 1 is 1.18 bits per heavy atom. The Balaban J connectivity index is 1.60. The van der Waals surface area contributed by atoms with E-state index in [2.05, 4.69) is 16.0 Å². The monoisotopic (exact) mass is 298 g/mol. The Kier molecular flexibility index (Phi) is 4.57. The van der Waals surface area contributed by atoms with Gasteiger partial charge in [0.1, 0.15) is 11.9 Å². The Bertz CT molecular complexity index is 566. The molecule has 2 fully saturated rings. The largest absolute Gasteiger partial charge is 0.355 e. The zero-order valence-corrected chi connectivity index (χ0v) is 12.9. The lowest BCUT2D eigenvalue weighted by molar-refractivity contribution is -0.137. The summed E-state index contributed by atoms with van der Waals surface area (Å²) in [5.41, 5.74) is 0.614. The van der Waals surface area contributed by atoms with Gasteiger partial charge in [-0.2, -0.15) is 5.26 Å². The van der Waals surface area contributed by atoms with Crippen molar-refractivity contribution in [2.24, 2.45) is 5.92 Å². The van der Waals surface area contributed by atoms with E-state index in [4.69, 9.17) is 0 Å². The minimum Gasteiger partial charge on any atom is -0.355 e. The van der Waals surface area contributed by atoms with Gasteiger partial charge in [-0.1, -0.05) is 0 Å². The Morgan fingerprint density at radius 3 is 2.59 bits per heavy atom. The van der Waals surface area contributed by atoms with Crippen LogP contribution in [0.2, 0.25) is 0 Å². The normalized spacial score (nSPS) is 19.8. The van der Waals surface area contributed by atoms with Gasteiger partial charge in [-0.25, -0.2) is 4.98 Å². The number of anilines is 1. The molecule has 1 aromatic heterocycles. The van der Waals surface area contributed by atoms with Crippen molar-refractivity contribution in [3.8, 4) is 6.07 Å². The van der Waals surface area contributed by atoms with E-state index in [-0.39, 0.29) is 5.92 Å². The van der Waals surface area contributed by atoms with Gasteiger partial charge < -0.3 is 9.80 Å². The molecule has 116 valence electrons. The fraction of sp³-hybridized carbons (Fsp3) is 0.588. The highest BCUT2D eigenvalue weighted by molar-refractivity contribution is 5.79. The molecule has 2 aliphatic rings. The Hall–Kier alpha value is -2.09. The van der Waals surface area contributed by atoms with E-state index >= 15 is 0 Å². The summed E-state index contributed by atoms with van der Waals surface area (Å²) in [5.74, 6) is 1.23. The predicted octanol–water partition coefficient (Wildman–Crippen LogP) is 2.18. The third-order valence-corrected chi connectivity index (χ3v) is 4.72. The van der Waals surface area contributed by atoms with Gasteiger partial charge in [-0.05, 0) is 44.2 Å². The number of pyridine rings is 1. The SMILES string of the molecule is N#Cc1cccnc1N1CCC(C(=O)N2CCCCC2)CC1. The van der Waals surface area contributed by atoms with E-state index in [1.54, 1.807) is 18.3 Å². The molecule has 0 saturated carbocycles. The van der Waals surface area contributed by atoms with Crippen molar-refractivity contribution in [2.75, 3.05) is 31.1 Å². The van der Waals surface area contributed by atoms with Crippen LogP contribution in [-0.4, -0.2) is 42.0 Å². The van der Waals surface area contributed by atoms with E-state index in [0.717, 1.165) is 57.7 Å². The maximum atomic E-state index is 12.6. The van der Waals surface area contributed by atoms with Crippen molar-refractivity contribution < 1.29 is 4.79 Å². The highest BCUT2D eigenvalue weighted by Gasteiger charge is 2.30. The third kappa shape index (κ3) is 3.06. The summed E-state index contributed by atoms with van der Waals surface area (Å²) in [6.07, 6.45) is 6.97. The van der Waals surface area contributed by atoms with Crippen LogP contribution in [0.1, 0.15) is 37.7 Å². The van der Waals surface area contributed by atoms with Gasteiger partial charge in [0, 0.05) is 38.3 Å². The minimum atomic E-state index is 0.142. The van der Waals surface area contributed by atoms with Crippen molar-refractivity contribution in [1.82, 2.24) is 9.88 Å². The van der Waals surface area contributed by atoms with Crippen molar-refractivity contribution in [3.05, 3.63) is 23.9 Å². The number of nitrogens with zero attached hydrogens (tertiary/aromatic N) is 4. The summed E-state index contributed by atoms with van der Waals surface area (Å²) in [4.78, 5) is 21.1. The molecule has 0 bridgehead atoms. The number of hydrogen-bond acceptors (Lipinski definition) is 4. The average molecular weight is 298 g/mol. The van der Waals surface area contributed by atoms with Crippen molar-refractivity contribution in [1.29, 1.82) is 5.26 Å². The van der Waals surface area contributed by atoms with Crippen LogP contribution in [0.3, 0.4) is 0 Å². The summed E-state index contributed by atoms with van der Waals surface area (Å²) in [7, 11) is 0. The molecule has 1 amide bonds. The number of carbonyl (C=O) groups is 1. The molecular formula is C17H22N4O. The fourth-order valence-electron chi connectivity index (χ4n) is 3.45. The van der Waals surface area contributed by atoms with Crippen LogP contribution in [0.15, 0.2) is 18.3 Å². The van der Waals surface area contributed by atoms with Crippen LogP contribution in [0.5, 0.6) is 0 Å². The van der Waals surface area contributed by atoms with E-state index in [0.29, 0.717) is 11.5 Å². The number of amides is 1. The number of aromatic nitrogens is 1. The minimum absolute atomic E-state index is 0.142. The lowest BCUT2D eigenvalue weighted by atomic mass is 9.94. The highest BCUT2D eigenvalue weighted by atomic mass is 16.2. The number of hydrogen-bond donors (Lipinski definition) is 0. The van der Waals surface area contributed by atoms with Gasteiger partial charge in [0.2, 0.25) is 5.91 Å². The van der Waals surface area contributed by atoms with Crippen molar-refractivity contribution in [3.63, 3.8) is 0 Å². The number of likely N-dealkylation sites (tertiary alicyclic amines) is 1. The van der Waals surface area contributed by atoms with E-state index in [1.165, 1.54) is 6.42 Å². The van der Waals surface area contributed by atoms with Crippen molar-refractivity contribution >= 4 is 11.7 Å². The Morgan fingerprint density at radius 2 is 1.91 bits per heavy atom. The second-order valence-corrected chi connectivity index (χ2v) is 6.13. The molecule has 0 aliphatic carbocycles. The highest BCUT2D eigenvalue weighted by Crippen LogP contribution is 2.26. The second-order valence-electron chi connectivity index (χ2n) is 6.13. The molecule has 1 aromatic rings. The molecule has 22 heavy (non-hydrogen) atoms. The zero-order valence-electron chi connectivity index (χ0n) is 12.9. The van der Waals surface area contributed by atoms with Gasteiger partial charge in [0.05, 0.1) is 5.56 Å². The molecule has 2 aliphatic heterocycles. The first kappa shape index (κ1) is 14.8. The standard InChI is InChI=1S/C17H22N4O/c18-13-15-5-4-8-19-16(15)20-11-6-14(7-12-20)17(22)21-9-2-1-3-10-21/h4-5,8,14H,1-3,6-7,9-12H2. The molecule has 5 heteroatoms. The summed E-state index contributed by atoms with van der Waals surface area (Å²) < 4.78 is 0. The average Bonchev–Trinajstić information content (AvgIpc) is 2.62. The number of rotatable bonds is 2. The van der Waals surface area contributed by atoms with Gasteiger partial charge in [0.25, 0.3) is 0 Å². The molecule has 3 heterocycles. The summed E-state index contributed by atoms with van der Waals surface area (Å²) in [5, 5.41) is 9.18.